The van der Waals surface area contributed by atoms with Gasteiger partial charge in [-0.15, -0.1) is 0 Å². The summed E-state index contributed by atoms with van der Waals surface area (Å²) in [6.07, 6.45) is 0. The van der Waals surface area contributed by atoms with E-state index in [4.69, 9.17) is 9.31 Å². The van der Waals surface area contributed by atoms with Crippen molar-refractivity contribution in [3.63, 3.8) is 0 Å². The highest BCUT2D eigenvalue weighted by Gasteiger charge is 2.51. The van der Waals surface area contributed by atoms with Gasteiger partial charge in [-0.05, 0) is 78.3 Å². The molecule has 4 aromatic carbocycles. The van der Waals surface area contributed by atoms with Crippen molar-refractivity contribution in [3.05, 3.63) is 91.0 Å². The van der Waals surface area contributed by atoms with Crippen LogP contribution >= 0.6 is 0 Å². The van der Waals surface area contributed by atoms with Gasteiger partial charge in [0.15, 0.2) is 0 Å². The summed E-state index contributed by atoms with van der Waals surface area (Å²) in [5.41, 5.74) is 5.25. The predicted molar refractivity (Wildman–Crippen MR) is 131 cm³/mol. The van der Waals surface area contributed by atoms with Gasteiger partial charge in [0.25, 0.3) is 0 Å². The summed E-state index contributed by atoms with van der Waals surface area (Å²) in [5, 5.41) is 2.50. The summed E-state index contributed by atoms with van der Waals surface area (Å²) in [7, 11) is -0.341. The van der Waals surface area contributed by atoms with Crippen LogP contribution in [0.25, 0.3) is 33.0 Å². The van der Waals surface area contributed by atoms with Gasteiger partial charge in [-0.2, -0.15) is 0 Å². The summed E-state index contributed by atoms with van der Waals surface area (Å²) < 4.78 is 12.4. The normalized spacial score (nSPS) is 17.2. The van der Waals surface area contributed by atoms with Crippen LogP contribution in [0.15, 0.2) is 91.0 Å². The zero-order valence-electron chi connectivity index (χ0n) is 18.6. The summed E-state index contributed by atoms with van der Waals surface area (Å²) >= 11 is 0. The Kier molecular flexibility index (Phi) is 4.77. The lowest BCUT2D eigenvalue weighted by molar-refractivity contribution is 0.00578. The van der Waals surface area contributed by atoms with Gasteiger partial charge in [-0.25, -0.2) is 0 Å². The Morgan fingerprint density at radius 1 is 0.581 bits per heavy atom. The van der Waals surface area contributed by atoms with E-state index in [1.807, 2.05) is 0 Å². The molecule has 1 heterocycles. The van der Waals surface area contributed by atoms with E-state index >= 15 is 0 Å². The molecule has 2 nitrogen and oxygen atoms in total. The minimum atomic E-state index is -0.341. The third-order valence-electron chi connectivity index (χ3n) is 6.72. The SMILES string of the molecule is CC1(C)OB(c2ccc(-c3cc(-c4ccccc4)cc4ccccc34)cc2)OC1(C)C. The molecule has 1 fully saturated rings. The van der Waals surface area contributed by atoms with Crippen LogP contribution in [0.3, 0.4) is 0 Å². The van der Waals surface area contributed by atoms with Crippen molar-refractivity contribution in [2.45, 2.75) is 38.9 Å². The maximum atomic E-state index is 6.22. The molecule has 0 aromatic heterocycles. The van der Waals surface area contributed by atoms with Crippen molar-refractivity contribution in [1.82, 2.24) is 0 Å². The number of benzene rings is 4. The molecule has 5 rings (SSSR count). The molecule has 0 spiro atoms. The van der Waals surface area contributed by atoms with E-state index in [2.05, 4.69) is 119 Å². The second-order valence-corrected chi connectivity index (χ2v) is 9.32. The summed E-state index contributed by atoms with van der Waals surface area (Å²) in [6, 6.07) is 32.3. The quantitative estimate of drug-likeness (QED) is 0.363. The lowest BCUT2D eigenvalue weighted by atomic mass is 9.78. The molecule has 0 saturated carbocycles. The minimum Gasteiger partial charge on any atom is -0.399 e. The van der Waals surface area contributed by atoms with Crippen molar-refractivity contribution in [1.29, 1.82) is 0 Å². The average molecular weight is 406 g/mol. The van der Waals surface area contributed by atoms with Gasteiger partial charge in [-0.1, -0.05) is 78.9 Å². The highest BCUT2D eigenvalue weighted by molar-refractivity contribution is 6.62. The Morgan fingerprint density at radius 3 is 1.87 bits per heavy atom. The summed E-state index contributed by atoms with van der Waals surface area (Å²) in [5.74, 6) is 0. The van der Waals surface area contributed by atoms with Crippen molar-refractivity contribution < 1.29 is 9.31 Å². The van der Waals surface area contributed by atoms with E-state index < -0.39 is 0 Å². The van der Waals surface area contributed by atoms with Crippen molar-refractivity contribution in [2.24, 2.45) is 0 Å². The van der Waals surface area contributed by atoms with Crippen LogP contribution in [0.5, 0.6) is 0 Å². The van der Waals surface area contributed by atoms with E-state index in [-0.39, 0.29) is 18.3 Å². The first-order valence-corrected chi connectivity index (χ1v) is 10.9. The third-order valence-corrected chi connectivity index (χ3v) is 6.72. The molecule has 0 bridgehead atoms. The molecule has 0 atom stereocenters. The fraction of sp³-hybridized carbons (Fsp3) is 0.214. The highest BCUT2D eigenvalue weighted by atomic mass is 16.7. The average Bonchev–Trinajstić information content (AvgIpc) is 3.00. The lowest BCUT2D eigenvalue weighted by Gasteiger charge is -2.32. The van der Waals surface area contributed by atoms with Gasteiger partial charge in [-0.3, -0.25) is 0 Å². The molecule has 0 N–H and O–H groups in total. The molecule has 1 aliphatic rings. The first kappa shape index (κ1) is 20.1. The second-order valence-electron chi connectivity index (χ2n) is 9.32. The minimum absolute atomic E-state index is 0.337. The fourth-order valence-electron chi connectivity index (χ4n) is 4.15. The molecular formula is C28H27BO2. The molecule has 0 unspecified atom stereocenters. The van der Waals surface area contributed by atoms with Crippen LogP contribution in [0.2, 0.25) is 0 Å². The third kappa shape index (κ3) is 3.58. The Bertz CT molecular complexity index is 1210. The van der Waals surface area contributed by atoms with E-state index in [1.54, 1.807) is 0 Å². The molecule has 31 heavy (non-hydrogen) atoms. The van der Waals surface area contributed by atoms with Gasteiger partial charge >= 0.3 is 7.12 Å². The van der Waals surface area contributed by atoms with Gasteiger partial charge in [0.2, 0.25) is 0 Å². The second kappa shape index (κ2) is 7.37. The number of rotatable bonds is 3. The molecule has 0 amide bonds. The largest absolute Gasteiger partial charge is 0.494 e. The number of hydrogen-bond donors (Lipinski definition) is 0. The molecule has 1 aliphatic heterocycles. The van der Waals surface area contributed by atoms with Crippen LogP contribution in [0.1, 0.15) is 27.7 Å². The molecule has 4 aromatic rings. The molecule has 3 heteroatoms. The maximum Gasteiger partial charge on any atom is 0.494 e. The smallest absolute Gasteiger partial charge is 0.399 e. The van der Waals surface area contributed by atoms with Crippen LogP contribution < -0.4 is 5.46 Å². The van der Waals surface area contributed by atoms with Crippen LogP contribution in [-0.4, -0.2) is 18.3 Å². The monoisotopic (exact) mass is 406 g/mol. The Hall–Kier alpha value is -2.88. The summed E-state index contributed by atoms with van der Waals surface area (Å²) in [4.78, 5) is 0. The zero-order valence-corrected chi connectivity index (χ0v) is 18.6. The van der Waals surface area contributed by atoms with E-state index in [0.29, 0.717) is 0 Å². The Morgan fingerprint density at radius 2 is 1.19 bits per heavy atom. The molecule has 0 aliphatic carbocycles. The lowest BCUT2D eigenvalue weighted by Crippen LogP contribution is -2.41. The molecular weight excluding hydrogens is 379 g/mol. The first-order valence-electron chi connectivity index (χ1n) is 10.9. The van der Waals surface area contributed by atoms with E-state index in [9.17, 15) is 0 Å². The zero-order chi connectivity index (χ0) is 21.6. The van der Waals surface area contributed by atoms with Gasteiger partial charge in [0, 0.05) is 0 Å². The fourth-order valence-corrected chi connectivity index (χ4v) is 4.15. The van der Waals surface area contributed by atoms with Crippen molar-refractivity contribution in [2.75, 3.05) is 0 Å². The molecule has 154 valence electrons. The van der Waals surface area contributed by atoms with Crippen LogP contribution in [0, 0.1) is 0 Å². The van der Waals surface area contributed by atoms with Gasteiger partial charge in [0.1, 0.15) is 0 Å². The number of fused-ring (bicyclic) bond motifs is 1. The van der Waals surface area contributed by atoms with E-state index in [0.717, 1.165) is 5.46 Å². The van der Waals surface area contributed by atoms with E-state index in [1.165, 1.54) is 33.0 Å². The maximum absolute atomic E-state index is 6.22. The molecule has 1 saturated heterocycles. The van der Waals surface area contributed by atoms with Gasteiger partial charge < -0.3 is 9.31 Å². The topological polar surface area (TPSA) is 18.5 Å². The molecule has 0 radical (unpaired) electrons. The van der Waals surface area contributed by atoms with Crippen LogP contribution in [0.4, 0.5) is 0 Å². The Labute approximate surface area is 185 Å². The Balaban J connectivity index is 1.55. The highest BCUT2D eigenvalue weighted by Crippen LogP contribution is 2.37. The van der Waals surface area contributed by atoms with Crippen molar-refractivity contribution >= 4 is 23.4 Å². The standard InChI is InChI=1S/C28H27BO2/c1-27(2)28(3,4)31-29(30-27)24-16-14-21(15-17-24)26-19-23(20-10-6-5-7-11-20)18-22-12-8-9-13-25(22)26/h5-19H,1-4H3. The van der Waals surface area contributed by atoms with Crippen molar-refractivity contribution in [3.8, 4) is 22.3 Å². The summed E-state index contributed by atoms with van der Waals surface area (Å²) in [6.45, 7) is 8.34. The number of hydrogen-bond acceptors (Lipinski definition) is 2. The predicted octanol–water partition coefficient (Wildman–Crippen LogP) is 6.47. The van der Waals surface area contributed by atoms with Gasteiger partial charge in [0.05, 0.1) is 11.2 Å². The van der Waals surface area contributed by atoms with Crippen LogP contribution in [-0.2, 0) is 9.31 Å². The first-order chi connectivity index (χ1) is 14.8.